The van der Waals surface area contributed by atoms with Gasteiger partial charge in [0.1, 0.15) is 41.5 Å². The monoisotopic (exact) mass is 400 g/mol. The third kappa shape index (κ3) is 5.55. The van der Waals surface area contributed by atoms with Gasteiger partial charge in [0.2, 0.25) is 6.29 Å². The van der Waals surface area contributed by atoms with Crippen molar-refractivity contribution in [2.45, 2.75) is 57.4 Å². The predicted octanol–water partition coefficient (Wildman–Crippen LogP) is 0.164. The summed E-state index contributed by atoms with van der Waals surface area (Å²) in [5, 5.41) is 48.7. The summed E-state index contributed by atoms with van der Waals surface area (Å²) in [6.45, 7) is 3.71. The van der Waals surface area contributed by atoms with Crippen molar-refractivity contribution >= 4 is 5.97 Å². The molecule has 2 rings (SSSR count). The largest absolute Gasteiger partial charge is 0.508 e. The van der Waals surface area contributed by atoms with Crippen LogP contribution in [0, 0.1) is 5.92 Å². The van der Waals surface area contributed by atoms with Crippen LogP contribution in [0.1, 0.15) is 37.0 Å². The summed E-state index contributed by atoms with van der Waals surface area (Å²) < 4.78 is 16.0. The molecular formula is C19H28O9. The maximum absolute atomic E-state index is 12.4. The first-order chi connectivity index (χ1) is 13.2. The van der Waals surface area contributed by atoms with Crippen LogP contribution >= 0.6 is 0 Å². The molecule has 1 aliphatic rings. The van der Waals surface area contributed by atoms with E-state index in [1.54, 1.807) is 0 Å². The Morgan fingerprint density at radius 2 is 1.89 bits per heavy atom. The van der Waals surface area contributed by atoms with Gasteiger partial charge in [-0.05, 0) is 37.0 Å². The standard InChI is InChI=1S/C19H28O9/c1-10(2)4-3-7-26-18(25)12-8-11(21)5-6-13(12)27-19-17(24)16(23)15(22)14(9-20)28-19/h5-6,8,10,14-17,19-24H,3-4,7,9H2,1-2H3/t14-,15-,16+,17-,19-/m1/s1. The first kappa shape index (κ1) is 22.4. The minimum Gasteiger partial charge on any atom is -0.508 e. The highest BCUT2D eigenvalue weighted by molar-refractivity contribution is 5.93. The molecule has 0 radical (unpaired) electrons. The van der Waals surface area contributed by atoms with Gasteiger partial charge in [0, 0.05) is 0 Å². The molecule has 5 atom stereocenters. The fraction of sp³-hybridized carbons (Fsp3) is 0.632. The van der Waals surface area contributed by atoms with Crippen molar-refractivity contribution in [3.8, 4) is 11.5 Å². The molecule has 0 bridgehead atoms. The summed E-state index contributed by atoms with van der Waals surface area (Å²) >= 11 is 0. The van der Waals surface area contributed by atoms with Gasteiger partial charge < -0.3 is 39.7 Å². The second-order valence-corrected chi connectivity index (χ2v) is 7.17. The number of rotatable bonds is 8. The summed E-state index contributed by atoms with van der Waals surface area (Å²) in [5.41, 5.74) is -0.0819. The Hall–Kier alpha value is -1.91. The van der Waals surface area contributed by atoms with Crippen molar-refractivity contribution < 1.29 is 44.5 Å². The minimum absolute atomic E-state index is 0.0454. The van der Waals surface area contributed by atoms with Crippen LogP contribution in [0.2, 0.25) is 0 Å². The fourth-order valence-corrected chi connectivity index (χ4v) is 2.80. The maximum atomic E-state index is 12.4. The molecule has 158 valence electrons. The molecule has 1 aromatic carbocycles. The van der Waals surface area contributed by atoms with Gasteiger partial charge in [0.25, 0.3) is 0 Å². The Morgan fingerprint density at radius 1 is 1.18 bits per heavy atom. The van der Waals surface area contributed by atoms with Crippen LogP contribution in [0.5, 0.6) is 11.5 Å². The quantitative estimate of drug-likeness (QED) is 0.304. The van der Waals surface area contributed by atoms with E-state index in [9.17, 15) is 30.3 Å². The van der Waals surface area contributed by atoms with Crippen molar-refractivity contribution in [3.05, 3.63) is 23.8 Å². The SMILES string of the molecule is CC(C)CCCOC(=O)c1cc(O)ccc1O[C@@H]1O[C@H](CO)[C@@H](O)[C@H](O)[C@H]1O. The Morgan fingerprint density at radius 3 is 2.54 bits per heavy atom. The first-order valence-corrected chi connectivity index (χ1v) is 9.22. The molecule has 0 unspecified atom stereocenters. The molecule has 5 N–H and O–H groups in total. The van der Waals surface area contributed by atoms with E-state index in [0.717, 1.165) is 12.5 Å². The van der Waals surface area contributed by atoms with E-state index in [4.69, 9.17) is 14.2 Å². The van der Waals surface area contributed by atoms with E-state index >= 15 is 0 Å². The van der Waals surface area contributed by atoms with Gasteiger partial charge in [-0.3, -0.25) is 0 Å². The topological polar surface area (TPSA) is 146 Å². The van der Waals surface area contributed by atoms with Crippen LogP contribution in [0.15, 0.2) is 18.2 Å². The van der Waals surface area contributed by atoms with E-state index in [0.29, 0.717) is 12.3 Å². The molecule has 9 heteroatoms. The molecule has 0 spiro atoms. The number of aromatic hydroxyl groups is 1. The zero-order chi connectivity index (χ0) is 20.8. The Kier molecular flexibility index (Phi) is 8.02. The highest BCUT2D eigenvalue weighted by atomic mass is 16.7. The highest BCUT2D eigenvalue weighted by Crippen LogP contribution is 2.29. The molecule has 0 aliphatic carbocycles. The molecule has 1 aliphatic heterocycles. The van der Waals surface area contributed by atoms with Crippen LogP contribution in [-0.2, 0) is 9.47 Å². The summed E-state index contributed by atoms with van der Waals surface area (Å²) in [5.74, 6) is -0.477. The number of ether oxygens (including phenoxy) is 3. The number of phenolic OH excluding ortho intramolecular Hbond substituents is 1. The molecule has 9 nitrogen and oxygen atoms in total. The first-order valence-electron chi connectivity index (χ1n) is 9.22. The lowest BCUT2D eigenvalue weighted by atomic mass is 9.99. The molecule has 1 aromatic rings. The number of hydrogen-bond acceptors (Lipinski definition) is 9. The van der Waals surface area contributed by atoms with Crippen LogP contribution in [-0.4, -0.2) is 75.4 Å². The van der Waals surface area contributed by atoms with Crippen molar-refractivity contribution in [2.24, 2.45) is 5.92 Å². The smallest absolute Gasteiger partial charge is 0.342 e. The predicted molar refractivity (Wildman–Crippen MR) is 96.9 cm³/mol. The Labute approximate surface area is 163 Å². The number of aliphatic hydroxyl groups excluding tert-OH is 4. The molecule has 0 saturated carbocycles. The zero-order valence-electron chi connectivity index (χ0n) is 15.9. The van der Waals surface area contributed by atoms with Crippen molar-refractivity contribution in [2.75, 3.05) is 13.2 Å². The lowest BCUT2D eigenvalue weighted by molar-refractivity contribution is -0.277. The van der Waals surface area contributed by atoms with Gasteiger partial charge >= 0.3 is 5.97 Å². The van der Waals surface area contributed by atoms with Gasteiger partial charge in [-0.25, -0.2) is 4.79 Å². The van der Waals surface area contributed by atoms with Crippen LogP contribution in [0.25, 0.3) is 0 Å². The van der Waals surface area contributed by atoms with E-state index in [2.05, 4.69) is 13.8 Å². The number of carbonyl (C=O) groups excluding carboxylic acids is 1. The number of benzene rings is 1. The lowest BCUT2D eigenvalue weighted by Crippen LogP contribution is -2.60. The number of aliphatic hydroxyl groups is 4. The van der Waals surface area contributed by atoms with Gasteiger partial charge in [-0.2, -0.15) is 0 Å². The second kappa shape index (κ2) is 10.0. The zero-order valence-corrected chi connectivity index (χ0v) is 15.9. The van der Waals surface area contributed by atoms with Crippen molar-refractivity contribution in [1.82, 2.24) is 0 Å². The summed E-state index contributed by atoms with van der Waals surface area (Å²) in [6, 6.07) is 3.72. The fourth-order valence-electron chi connectivity index (χ4n) is 2.80. The van der Waals surface area contributed by atoms with Gasteiger partial charge in [-0.1, -0.05) is 13.8 Å². The normalized spacial score (nSPS) is 27.6. The average Bonchev–Trinajstić information content (AvgIpc) is 2.66. The third-order valence-electron chi connectivity index (χ3n) is 4.43. The third-order valence-corrected chi connectivity index (χ3v) is 4.43. The van der Waals surface area contributed by atoms with Gasteiger partial charge in [0.05, 0.1) is 13.2 Å². The number of esters is 1. The van der Waals surface area contributed by atoms with E-state index in [-0.39, 0.29) is 23.7 Å². The maximum Gasteiger partial charge on any atom is 0.342 e. The molecule has 28 heavy (non-hydrogen) atoms. The van der Waals surface area contributed by atoms with Crippen LogP contribution in [0.4, 0.5) is 0 Å². The molecule has 1 saturated heterocycles. The van der Waals surface area contributed by atoms with E-state index < -0.39 is 43.3 Å². The second-order valence-electron chi connectivity index (χ2n) is 7.17. The van der Waals surface area contributed by atoms with Crippen LogP contribution < -0.4 is 4.74 Å². The number of phenols is 1. The lowest BCUT2D eigenvalue weighted by Gasteiger charge is -2.39. The van der Waals surface area contributed by atoms with Gasteiger partial charge in [-0.15, -0.1) is 0 Å². The van der Waals surface area contributed by atoms with E-state index in [1.807, 2.05) is 0 Å². The Bertz CT molecular complexity index is 646. The summed E-state index contributed by atoms with van der Waals surface area (Å²) in [7, 11) is 0. The highest BCUT2D eigenvalue weighted by Gasteiger charge is 2.45. The number of carbonyl (C=O) groups is 1. The summed E-state index contributed by atoms with van der Waals surface area (Å²) in [6.07, 6.45) is -5.78. The van der Waals surface area contributed by atoms with Crippen molar-refractivity contribution in [1.29, 1.82) is 0 Å². The molecule has 1 heterocycles. The van der Waals surface area contributed by atoms with Crippen molar-refractivity contribution in [3.63, 3.8) is 0 Å². The van der Waals surface area contributed by atoms with Crippen LogP contribution in [0.3, 0.4) is 0 Å². The minimum atomic E-state index is -1.62. The van der Waals surface area contributed by atoms with E-state index in [1.165, 1.54) is 12.1 Å². The molecule has 0 aromatic heterocycles. The Balaban J connectivity index is 2.12. The molecule has 0 amide bonds. The average molecular weight is 400 g/mol. The number of hydrogen-bond donors (Lipinski definition) is 5. The molecular weight excluding hydrogens is 372 g/mol. The van der Waals surface area contributed by atoms with Gasteiger partial charge in [0.15, 0.2) is 0 Å². The summed E-state index contributed by atoms with van der Waals surface area (Å²) in [4.78, 5) is 12.4. The molecule has 1 fully saturated rings.